The second-order valence-corrected chi connectivity index (χ2v) is 6.64. The Kier molecular flexibility index (Phi) is 3.86. The highest BCUT2D eigenvalue weighted by Gasteiger charge is 2.43. The van der Waals surface area contributed by atoms with Gasteiger partial charge in [0, 0.05) is 6.04 Å². The van der Waals surface area contributed by atoms with Crippen LogP contribution in [0.4, 0.5) is 0 Å². The van der Waals surface area contributed by atoms with Gasteiger partial charge in [-0.25, -0.2) is 0 Å². The summed E-state index contributed by atoms with van der Waals surface area (Å²) < 4.78 is 0. The molecule has 0 heterocycles. The molecule has 0 spiro atoms. The SMILES string of the molecule is CCC(C)(C)C1CC(NC)CCC1(C)C. The Bertz CT molecular complexity index is 197. The molecule has 0 aromatic heterocycles. The van der Waals surface area contributed by atoms with E-state index in [0.29, 0.717) is 10.8 Å². The molecule has 0 aliphatic heterocycles. The molecule has 90 valence electrons. The third-order valence-electron chi connectivity index (χ3n) is 4.86. The van der Waals surface area contributed by atoms with Crippen LogP contribution in [0.3, 0.4) is 0 Å². The lowest BCUT2D eigenvalue weighted by molar-refractivity contribution is 0.0146. The first-order chi connectivity index (χ1) is 6.83. The highest BCUT2D eigenvalue weighted by Crippen LogP contribution is 2.50. The number of nitrogens with one attached hydrogen (secondary N) is 1. The fraction of sp³-hybridized carbons (Fsp3) is 1.00. The van der Waals surface area contributed by atoms with Gasteiger partial charge in [-0.05, 0) is 43.1 Å². The Balaban J connectivity index is 2.81. The second-order valence-electron chi connectivity index (χ2n) is 6.64. The van der Waals surface area contributed by atoms with Crippen LogP contribution >= 0.6 is 0 Å². The molecule has 1 aliphatic carbocycles. The molecule has 0 saturated heterocycles. The van der Waals surface area contributed by atoms with Crippen molar-refractivity contribution in [2.75, 3.05) is 7.05 Å². The summed E-state index contributed by atoms with van der Waals surface area (Å²) in [5.74, 6) is 0.848. The molecule has 1 rings (SSSR count). The first-order valence-electron chi connectivity index (χ1n) is 6.50. The maximum Gasteiger partial charge on any atom is 0.00673 e. The van der Waals surface area contributed by atoms with Crippen molar-refractivity contribution < 1.29 is 0 Å². The summed E-state index contributed by atoms with van der Waals surface area (Å²) in [6.45, 7) is 12.1. The Labute approximate surface area is 96.0 Å². The van der Waals surface area contributed by atoms with Gasteiger partial charge in [0.05, 0.1) is 0 Å². The van der Waals surface area contributed by atoms with E-state index in [1.54, 1.807) is 0 Å². The summed E-state index contributed by atoms with van der Waals surface area (Å²) in [5, 5.41) is 3.47. The predicted molar refractivity (Wildman–Crippen MR) is 68.0 cm³/mol. The molecule has 0 aromatic carbocycles. The third kappa shape index (κ3) is 2.75. The molecule has 2 unspecified atom stereocenters. The minimum atomic E-state index is 0.485. The fourth-order valence-corrected chi connectivity index (χ4v) is 3.33. The fourth-order valence-electron chi connectivity index (χ4n) is 3.33. The van der Waals surface area contributed by atoms with E-state index < -0.39 is 0 Å². The molecule has 1 fully saturated rings. The molecule has 0 amide bonds. The van der Waals surface area contributed by atoms with Crippen LogP contribution in [0.15, 0.2) is 0 Å². The maximum absolute atomic E-state index is 3.47. The van der Waals surface area contributed by atoms with Crippen molar-refractivity contribution in [2.24, 2.45) is 16.7 Å². The first-order valence-corrected chi connectivity index (χ1v) is 6.50. The molecular formula is C14H29N. The minimum absolute atomic E-state index is 0.485. The molecule has 1 nitrogen and oxygen atoms in total. The average Bonchev–Trinajstić information content (AvgIpc) is 2.17. The minimum Gasteiger partial charge on any atom is -0.317 e. The van der Waals surface area contributed by atoms with Crippen molar-refractivity contribution in [3.63, 3.8) is 0 Å². The second kappa shape index (κ2) is 4.45. The summed E-state index contributed by atoms with van der Waals surface area (Å²) in [5.41, 5.74) is 1.01. The average molecular weight is 211 g/mol. The van der Waals surface area contributed by atoms with E-state index >= 15 is 0 Å². The van der Waals surface area contributed by atoms with Crippen molar-refractivity contribution in [3.05, 3.63) is 0 Å². The summed E-state index contributed by atoms with van der Waals surface area (Å²) in [4.78, 5) is 0. The van der Waals surface area contributed by atoms with Crippen LogP contribution in [-0.2, 0) is 0 Å². The smallest absolute Gasteiger partial charge is 0.00673 e. The summed E-state index contributed by atoms with van der Waals surface area (Å²) in [6, 6.07) is 0.744. The highest BCUT2D eigenvalue weighted by molar-refractivity contribution is 4.94. The van der Waals surface area contributed by atoms with Crippen LogP contribution < -0.4 is 5.32 Å². The van der Waals surface area contributed by atoms with E-state index in [4.69, 9.17) is 0 Å². The molecule has 2 atom stereocenters. The lowest BCUT2D eigenvalue weighted by atomic mass is 9.57. The summed E-state index contributed by atoms with van der Waals surface area (Å²) in [6.07, 6.45) is 5.36. The maximum atomic E-state index is 3.47. The number of hydrogen-bond donors (Lipinski definition) is 1. The summed E-state index contributed by atoms with van der Waals surface area (Å²) in [7, 11) is 2.11. The van der Waals surface area contributed by atoms with Gasteiger partial charge in [0.1, 0.15) is 0 Å². The Morgan fingerprint density at radius 2 is 1.93 bits per heavy atom. The molecule has 1 N–H and O–H groups in total. The van der Waals surface area contributed by atoms with Crippen LogP contribution in [0.5, 0.6) is 0 Å². The Morgan fingerprint density at radius 3 is 2.40 bits per heavy atom. The van der Waals surface area contributed by atoms with Gasteiger partial charge in [0.25, 0.3) is 0 Å². The van der Waals surface area contributed by atoms with Gasteiger partial charge in [0.15, 0.2) is 0 Å². The van der Waals surface area contributed by atoms with Gasteiger partial charge in [-0.2, -0.15) is 0 Å². The molecule has 1 saturated carbocycles. The Hall–Kier alpha value is -0.0400. The van der Waals surface area contributed by atoms with Gasteiger partial charge in [0.2, 0.25) is 0 Å². The summed E-state index contributed by atoms with van der Waals surface area (Å²) >= 11 is 0. The van der Waals surface area contributed by atoms with Gasteiger partial charge < -0.3 is 5.32 Å². The molecule has 0 radical (unpaired) electrons. The predicted octanol–water partition coefficient (Wildman–Crippen LogP) is 3.84. The third-order valence-corrected chi connectivity index (χ3v) is 4.86. The van der Waals surface area contributed by atoms with Gasteiger partial charge in [-0.3, -0.25) is 0 Å². The number of rotatable bonds is 3. The zero-order valence-electron chi connectivity index (χ0n) is 11.5. The van der Waals surface area contributed by atoms with E-state index in [-0.39, 0.29) is 0 Å². The van der Waals surface area contributed by atoms with Gasteiger partial charge >= 0.3 is 0 Å². The molecule has 1 aliphatic rings. The van der Waals surface area contributed by atoms with Crippen molar-refractivity contribution in [1.82, 2.24) is 5.32 Å². The molecule has 1 heteroatoms. The van der Waals surface area contributed by atoms with E-state index in [0.717, 1.165) is 12.0 Å². The highest BCUT2D eigenvalue weighted by atomic mass is 14.9. The number of hydrogen-bond acceptors (Lipinski definition) is 1. The van der Waals surface area contributed by atoms with Crippen LogP contribution in [-0.4, -0.2) is 13.1 Å². The van der Waals surface area contributed by atoms with E-state index in [1.165, 1.54) is 25.7 Å². The first kappa shape index (κ1) is 13.0. The van der Waals surface area contributed by atoms with Crippen LogP contribution in [0.2, 0.25) is 0 Å². The van der Waals surface area contributed by atoms with Crippen molar-refractivity contribution >= 4 is 0 Å². The molecular weight excluding hydrogens is 182 g/mol. The lowest BCUT2D eigenvalue weighted by Crippen LogP contribution is -2.45. The van der Waals surface area contributed by atoms with Crippen LogP contribution in [0, 0.1) is 16.7 Å². The van der Waals surface area contributed by atoms with Crippen LogP contribution in [0.25, 0.3) is 0 Å². The molecule has 0 aromatic rings. The van der Waals surface area contributed by atoms with Crippen molar-refractivity contribution in [2.45, 2.75) is 66.3 Å². The van der Waals surface area contributed by atoms with Gasteiger partial charge in [-0.15, -0.1) is 0 Å². The van der Waals surface area contributed by atoms with E-state index in [9.17, 15) is 0 Å². The molecule has 0 bridgehead atoms. The van der Waals surface area contributed by atoms with E-state index in [1.807, 2.05) is 0 Å². The van der Waals surface area contributed by atoms with Crippen LogP contribution in [0.1, 0.15) is 60.3 Å². The monoisotopic (exact) mass is 211 g/mol. The van der Waals surface area contributed by atoms with E-state index in [2.05, 4.69) is 47.0 Å². The Morgan fingerprint density at radius 1 is 1.33 bits per heavy atom. The quantitative estimate of drug-likeness (QED) is 0.748. The zero-order valence-corrected chi connectivity index (χ0v) is 11.5. The standard InChI is InChI=1S/C14H29N/c1-7-13(2,3)12-10-11(15-6)8-9-14(12,4)5/h11-12,15H,7-10H2,1-6H3. The van der Waals surface area contributed by atoms with Gasteiger partial charge in [-0.1, -0.05) is 41.0 Å². The van der Waals surface area contributed by atoms with Crippen molar-refractivity contribution in [3.8, 4) is 0 Å². The van der Waals surface area contributed by atoms with Crippen molar-refractivity contribution in [1.29, 1.82) is 0 Å². The molecule has 15 heavy (non-hydrogen) atoms. The largest absolute Gasteiger partial charge is 0.317 e. The zero-order chi connectivity index (χ0) is 11.7. The lowest BCUT2D eigenvalue weighted by Gasteiger charge is -2.50. The topological polar surface area (TPSA) is 12.0 Å². The normalized spacial score (nSPS) is 31.6.